The number of rotatable bonds is 4. The molecular formula is C13H15ClN2O3. The number of hydrogen-bond acceptors (Lipinski definition) is 3. The number of hydrogen-bond donors (Lipinski definition) is 0. The molecule has 6 heteroatoms. The standard InChI is InChI=1S/C13H15ClN2O3/c1-15(8-9-5-11(14)6-9)13(17)10-3-2-4-12(7-10)16(18)19/h2-4,7,9,11H,5-6,8H2,1H3. The molecule has 0 aliphatic heterocycles. The highest BCUT2D eigenvalue weighted by Gasteiger charge is 2.29. The molecule has 0 N–H and O–H groups in total. The highest BCUT2D eigenvalue weighted by molar-refractivity contribution is 6.21. The smallest absolute Gasteiger partial charge is 0.270 e. The molecule has 1 aliphatic rings. The Labute approximate surface area is 116 Å². The minimum atomic E-state index is -0.499. The molecule has 1 aromatic carbocycles. The fourth-order valence-electron chi connectivity index (χ4n) is 2.25. The van der Waals surface area contributed by atoms with Crippen molar-refractivity contribution in [2.75, 3.05) is 13.6 Å². The highest BCUT2D eigenvalue weighted by Crippen LogP contribution is 2.32. The van der Waals surface area contributed by atoms with Crippen LogP contribution in [0.2, 0.25) is 0 Å². The number of non-ortho nitro benzene ring substituents is 1. The summed E-state index contributed by atoms with van der Waals surface area (Å²) >= 11 is 5.90. The van der Waals surface area contributed by atoms with Crippen molar-refractivity contribution in [1.82, 2.24) is 4.90 Å². The van der Waals surface area contributed by atoms with Crippen LogP contribution >= 0.6 is 11.6 Å². The van der Waals surface area contributed by atoms with Crippen LogP contribution in [0.4, 0.5) is 5.69 Å². The number of amides is 1. The van der Waals surface area contributed by atoms with Gasteiger partial charge in [-0.15, -0.1) is 11.6 Å². The molecule has 0 aromatic heterocycles. The molecule has 1 saturated carbocycles. The molecular weight excluding hydrogens is 268 g/mol. The maximum Gasteiger partial charge on any atom is 0.270 e. The van der Waals surface area contributed by atoms with E-state index in [0.29, 0.717) is 18.0 Å². The Bertz CT molecular complexity index is 500. The van der Waals surface area contributed by atoms with Gasteiger partial charge in [-0.3, -0.25) is 14.9 Å². The maximum atomic E-state index is 12.1. The molecule has 5 nitrogen and oxygen atoms in total. The van der Waals surface area contributed by atoms with E-state index in [2.05, 4.69) is 0 Å². The number of nitro benzene ring substituents is 1. The number of carbonyl (C=O) groups excluding carboxylic acids is 1. The molecule has 1 amide bonds. The summed E-state index contributed by atoms with van der Waals surface area (Å²) in [5.41, 5.74) is 0.280. The second kappa shape index (κ2) is 5.57. The van der Waals surface area contributed by atoms with Crippen molar-refractivity contribution < 1.29 is 9.72 Å². The van der Waals surface area contributed by atoms with Crippen molar-refractivity contribution in [2.45, 2.75) is 18.2 Å². The van der Waals surface area contributed by atoms with Gasteiger partial charge in [-0.2, -0.15) is 0 Å². The van der Waals surface area contributed by atoms with Gasteiger partial charge in [-0.1, -0.05) is 6.07 Å². The lowest BCUT2D eigenvalue weighted by Gasteiger charge is -2.34. The van der Waals surface area contributed by atoms with E-state index in [1.807, 2.05) is 0 Å². The van der Waals surface area contributed by atoms with Gasteiger partial charge < -0.3 is 4.90 Å². The molecule has 0 atom stereocenters. The average molecular weight is 283 g/mol. The van der Waals surface area contributed by atoms with Crippen LogP contribution in [0.3, 0.4) is 0 Å². The Morgan fingerprint density at radius 3 is 2.79 bits per heavy atom. The fourth-order valence-corrected chi connectivity index (χ4v) is 2.75. The van der Waals surface area contributed by atoms with Gasteiger partial charge in [0.25, 0.3) is 11.6 Å². The molecule has 102 valence electrons. The highest BCUT2D eigenvalue weighted by atomic mass is 35.5. The first-order chi connectivity index (χ1) is 8.97. The monoisotopic (exact) mass is 282 g/mol. The molecule has 0 bridgehead atoms. The third-order valence-electron chi connectivity index (χ3n) is 3.36. The van der Waals surface area contributed by atoms with Crippen LogP contribution in [-0.2, 0) is 0 Å². The lowest BCUT2D eigenvalue weighted by atomic mass is 9.84. The molecule has 2 rings (SSSR count). The topological polar surface area (TPSA) is 63.5 Å². The zero-order chi connectivity index (χ0) is 14.0. The number of nitrogens with zero attached hydrogens (tertiary/aromatic N) is 2. The van der Waals surface area contributed by atoms with Crippen LogP contribution in [0, 0.1) is 16.0 Å². The summed E-state index contributed by atoms with van der Waals surface area (Å²) in [5.74, 6) is 0.247. The maximum absolute atomic E-state index is 12.1. The molecule has 0 spiro atoms. The third-order valence-corrected chi connectivity index (χ3v) is 3.72. The lowest BCUT2D eigenvalue weighted by molar-refractivity contribution is -0.384. The summed E-state index contributed by atoms with van der Waals surface area (Å²) in [4.78, 5) is 23.9. The third kappa shape index (κ3) is 3.23. The van der Waals surface area contributed by atoms with Crippen LogP contribution in [-0.4, -0.2) is 34.7 Å². The van der Waals surface area contributed by atoms with Gasteiger partial charge >= 0.3 is 0 Å². The first-order valence-corrected chi connectivity index (χ1v) is 6.55. The van der Waals surface area contributed by atoms with Gasteiger partial charge in [0, 0.05) is 36.7 Å². The predicted molar refractivity (Wildman–Crippen MR) is 72.4 cm³/mol. The molecule has 0 heterocycles. The van der Waals surface area contributed by atoms with E-state index in [0.717, 1.165) is 12.8 Å². The van der Waals surface area contributed by atoms with Gasteiger partial charge in [0.1, 0.15) is 0 Å². The van der Waals surface area contributed by atoms with Crippen molar-refractivity contribution in [3.05, 3.63) is 39.9 Å². The largest absolute Gasteiger partial charge is 0.341 e. The number of nitro groups is 1. The summed E-state index contributed by atoms with van der Waals surface area (Å²) in [5, 5.41) is 10.9. The minimum Gasteiger partial charge on any atom is -0.341 e. The Kier molecular flexibility index (Phi) is 4.04. The number of alkyl halides is 1. The van der Waals surface area contributed by atoms with Gasteiger partial charge in [0.05, 0.1) is 4.92 Å². The lowest BCUT2D eigenvalue weighted by Crippen LogP contribution is -2.37. The second-order valence-electron chi connectivity index (χ2n) is 4.93. The fraction of sp³-hybridized carbons (Fsp3) is 0.462. The van der Waals surface area contributed by atoms with E-state index in [-0.39, 0.29) is 17.0 Å². The molecule has 0 saturated heterocycles. The first kappa shape index (κ1) is 13.8. The van der Waals surface area contributed by atoms with Crippen LogP contribution in [0.5, 0.6) is 0 Å². The molecule has 0 radical (unpaired) electrons. The van der Waals surface area contributed by atoms with Crippen LogP contribution in [0.25, 0.3) is 0 Å². The zero-order valence-corrected chi connectivity index (χ0v) is 11.3. The van der Waals surface area contributed by atoms with E-state index in [1.165, 1.54) is 18.2 Å². The Balaban J connectivity index is 2.02. The number of halogens is 1. The SMILES string of the molecule is CN(CC1CC(Cl)C1)C(=O)c1cccc([N+](=O)[O-])c1. The average Bonchev–Trinajstić information content (AvgIpc) is 2.36. The van der Waals surface area contributed by atoms with Crippen molar-refractivity contribution in [1.29, 1.82) is 0 Å². The van der Waals surface area contributed by atoms with E-state index in [4.69, 9.17) is 11.6 Å². The predicted octanol–water partition coefficient (Wildman–Crippen LogP) is 2.68. The Morgan fingerprint density at radius 2 is 2.21 bits per heavy atom. The van der Waals surface area contributed by atoms with E-state index in [1.54, 1.807) is 18.0 Å². The summed E-state index contributed by atoms with van der Waals surface area (Å²) < 4.78 is 0. The van der Waals surface area contributed by atoms with E-state index < -0.39 is 4.92 Å². The molecule has 1 aromatic rings. The van der Waals surface area contributed by atoms with Crippen molar-refractivity contribution in [3.8, 4) is 0 Å². The molecule has 0 unspecified atom stereocenters. The first-order valence-electron chi connectivity index (χ1n) is 6.11. The number of carbonyl (C=O) groups is 1. The van der Waals surface area contributed by atoms with Gasteiger partial charge in [-0.25, -0.2) is 0 Å². The minimum absolute atomic E-state index is 0.0660. The second-order valence-corrected chi connectivity index (χ2v) is 5.55. The van der Waals surface area contributed by atoms with Crippen LogP contribution in [0.1, 0.15) is 23.2 Å². The Morgan fingerprint density at radius 1 is 1.53 bits per heavy atom. The number of benzene rings is 1. The van der Waals surface area contributed by atoms with Crippen LogP contribution < -0.4 is 0 Å². The summed E-state index contributed by atoms with van der Waals surface area (Å²) in [6.07, 6.45) is 1.85. The van der Waals surface area contributed by atoms with Crippen molar-refractivity contribution in [3.63, 3.8) is 0 Å². The quantitative estimate of drug-likeness (QED) is 0.484. The van der Waals surface area contributed by atoms with Gasteiger partial charge in [0.2, 0.25) is 0 Å². The molecule has 1 aliphatic carbocycles. The molecule has 1 fully saturated rings. The summed E-state index contributed by atoms with van der Waals surface area (Å²) in [6, 6.07) is 5.80. The van der Waals surface area contributed by atoms with Crippen LogP contribution in [0.15, 0.2) is 24.3 Å². The summed E-state index contributed by atoms with van der Waals surface area (Å²) in [6.45, 7) is 0.644. The normalized spacial score (nSPS) is 21.6. The van der Waals surface area contributed by atoms with Crippen molar-refractivity contribution >= 4 is 23.2 Å². The summed E-state index contributed by atoms with van der Waals surface area (Å²) in [7, 11) is 1.71. The zero-order valence-electron chi connectivity index (χ0n) is 10.6. The van der Waals surface area contributed by atoms with Gasteiger partial charge in [-0.05, 0) is 24.8 Å². The Hall–Kier alpha value is -1.62. The van der Waals surface area contributed by atoms with E-state index >= 15 is 0 Å². The van der Waals surface area contributed by atoms with Crippen molar-refractivity contribution in [2.24, 2.45) is 5.92 Å². The molecule has 19 heavy (non-hydrogen) atoms. The van der Waals surface area contributed by atoms with E-state index in [9.17, 15) is 14.9 Å². The van der Waals surface area contributed by atoms with Gasteiger partial charge in [0.15, 0.2) is 0 Å².